The third kappa shape index (κ3) is 4.18. The van der Waals surface area contributed by atoms with Crippen LogP contribution in [0.5, 0.6) is 0 Å². The molecule has 1 unspecified atom stereocenters. The second-order valence-corrected chi connectivity index (χ2v) is 7.56. The number of benzene rings is 3. The Bertz CT molecular complexity index is 970. The van der Waals surface area contributed by atoms with Crippen LogP contribution < -0.4 is 4.83 Å². The molecule has 0 bridgehead atoms. The average molecular weight is 364 g/mol. The van der Waals surface area contributed by atoms with Crippen LogP contribution in [0.4, 0.5) is 0 Å². The molecule has 0 fully saturated rings. The van der Waals surface area contributed by atoms with Gasteiger partial charge in [0.05, 0.1) is 10.6 Å². The van der Waals surface area contributed by atoms with E-state index in [-0.39, 0.29) is 10.8 Å². The van der Waals surface area contributed by atoms with Gasteiger partial charge in [0.2, 0.25) is 0 Å². The van der Waals surface area contributed by atoms with Crippen molar-refractivity contribution in [2.45, 2.75) is 17.7 Å². The third-order valence-corrected chi connectivity index (χ3v) is 5.34. The summed E-state index contributed by atoms with van der Waals surface area (Å²) in [6.45, 7) is 2.01. The first-order valence-electron chi connectivity index (χ1n) is 8.33. The van der Waals surface area contributed by atoms with Gasteiger partial charge in [-0.3, -0.25) is 0 Å². The van der Waals surface area contributed by atoms with Gasteiger partial charge in [-0.05, 0) is 23.3 Å². The molecule has 0 aliphatic carbocycles. The van der Waals surface area contributed by atoms with E-state index in [1.54, 1.807) is 30.3 Å². The highest BCUT2D eigenvalue weighted by molar-refractivity contribution is 7.89. The van der Waals surface area contributed by atoms with Gasteiger partial charge in [0.25, 0.3) is 10.0 Å². The monoisotopic (exact) mass is 364 g/mol. The average Bonchev–Trinajstić information content (AvgIpc) is 2.70. The lowest BCUT2D eigenvalue weighted by molar-refractivity contribution is 0.584. The van der Waals surface area contributed by atoms with Crippen molar-refractivity contribution in [3.05, 3.63) is 102 Å². The molecule has 0 saturated heterocycles. The number of hydrogen-bond acceptors (Lipinski definition) is 3. The summed E-state index contributed by atoms with van der Waals surface area (Å²) in [4.78, 5) is 2.57. The molecular weight excluding hydrogens is 344 g/mol. The molecule has 0 amide bonds. The normalized spacial score (nSPS) is 13.2. The van der Waals surface area contributed by atoms with E-state index < -0.39 is 10.0 Å². The molecule has 26 heavy (non-hydrogen) atoms. The molecule has 0 aromatic heterocycles. The molecule has 4 nitrogen and oxygen atoms in total. The fraction of sp³-hybridized carbons (Fsp3) is 0.0952. The van der Waals surface area contributed by atoms with E-state index in [2.05, 4.69) is 9.93 Å². The molecule has 0 heterocycles. The number of rotatable bonds is 6. The van der Waals surface area contributed by atoms with E-state index >= 15 is 0 Å². The van der Waals surface area contributed by atoms with E-state index in [0.717, 1.165) is 11.1 Å². The molecule has 3 rings (SSSR count). The topological polar surface area (TPSA) is 58.5 Å². The van der Waals surface area contributed by atoms with Crippen LogP contribution in [0.3, 0.4) is 0 Å². The van der Waals surface area contributed by atoms with Crippen molar-refractivity contribution in [1.29, 1.82) is 0 Å². The van der Waals surface area contributed by atoms with Crippen LogP contribution in [-0.2, 0) is 10.0 Å². The zero-order valence-corrected chi connectivity index (χ0v) is 15.2. The maximum absolute atomic E-state index is 12.5. The standard InChI is InChI=1S/C21H20N2O2S/c1-17(18-11-5-2-6-12-18)21(19-13-7-3-8-14-19)22-23-26(24,25)20-15-9-4-10-16-20/h2-17,23H,1H3/b22-21-. The van der Waals surface area contributed by atoms with Crippen LogP contribution in [0.25, 0.3) is 0 Å². The number of hydrogen-bond donors (Lipinski definition) is 1. The molecular formula is C21H20N2O2S. The van der Waals surface area contributed by atoms with Gasteiger partial charge in [0.1, 0.15) is 0 Å². The van der Waals surface area contributed by atoms with Gasteiger partial charge < -0.3 is 0 Å². The molecule has 132 valence electrons. The molecule has 0 saturated carbocycles. The Labute approximate surface area is 154 Å². The predicted octanol–water partition coefficient (Wildman–Crippen LogP) is 4.17. The third-order valence-electron chi connectivity index (χ3n) is 4.12. The smallest absolute Gasteiger partial charge is 0.200 e. The zero-order chi connectivity index (χ0) is 18.4. The first kappa shape index (κ1) is 17.9. The Kier molecular flexibility index (Phi) is 5.49. The van der Waals surface area contributed by atoms with Crippen LogP contribution in [0, 0.1) is 0 Å². The first-order valence-corrected chi connectivity index (χ1v) is 9.81. The van der Waals surface area contributed by atoms with Crippen LogP contribution in [0.15, 0.2) is 101 Å². The summed E-state index contributed by atoms with van der Waals surface area (Å²) in [5.74, 6) is -0.0722. The van der Waals surface area contributed by atoms with Crippen molar-refractivity contribution in [2.24, 2.45) is 5.10 Å². The van der Waals surface area contributed by atoms with E-state index in [1.807, 2.05) is 67.6 Å². The van der Waals surface area contributed by atoms with E-state index in [0.29, 0.717) is 5.71 Å². The molecule has 1 N–H and O–H groups in total. The lowest BCUT2D eigenvalue weighted by Gasteiger charge is -2.16. The number of nitrogens with one attached hydrogen (secondary N) is 1. The fourth-order valence-corrected chi connectivity index (χ4v) is 3.52. The Morgan fingerprint density at radius 3 is 1.88 bits per heavy atom. The second-order valence-electron chi connectivity index (χ2n) is 5.90. The molecule has 0 spiro atoms. The van der Waals surface area contributed by atoms with Crippen molar-refractivity contribution in [2.75, 3.05) is 0 Å². The largest absolute Gasteiger partial charge is 0.276 e. The molecule has 0 radical (unpaired) electrons. The number of nitrogens with zero attached hydrogens (tertiary/aromatic N) is 1. The summed E-state index contributed by atoms with van der Waals surface area (Å²) >= 11 is 0. The van der Waals surface area contributed by atoms with Crippen molar-refractivity contribution in [3.8, 4) is 0 Å². The van der Waals surface area contributed by atoms with Crippen molar-refractivity contribution < 1.29 is 8.42 Å². The Morgan fingerprint density at radius 2 is 1.31 bits per heavy atom. The lowest BCUT2D eigenvalue weighted by Crippen LogP contribution is -2.22. The fourth-order valence-electron chi connectivity index (χ4n) is 2.68. The van der Waals surface area contributed by atoms with Gasteiger partial charge in [-0.1, -0.05) is 85.8 Å². The van der Waals surface area contributed by atoms with Gasteiger partial charge in [0.15, 0.2) is 0 Å². The minimum absolute atomic E-state index is 0.0722. The highest BCUT2D eigenvalue weighted by atomic mass is 32.2. The molecule has 5 heteroatoms. The van der Waals surface area contributed by atoms with Crippen molar-refractivity contribution in [3.63, 3.8) is 0 Å². The summed E-state index contributed by atoms with van der Waals surface area (Å²) in [6, 6.07) is 27.7. The summed E-state index contributed by atoms with van der Waals surface area (Å²) in [5, 5.41) is 4.30. The van der Waals surface area contributed by atoms with Crippen LogP contribution in [0.1, 0.15) is 24.0 Å². The Hall–Kier alpha value is -2.92. The maximum atomic E-state index is 12.5. The lowest BCUT2D eigenvalue weighted by atomic mass is 9.92. The Morgan fingerprint density at radius 1 is 0.808 bits per heavy atom. The van der Waals surface area contributed by atoms with Gasteiger partial charge in [0, 0.05) is 5.92 Å². The van der Waals surface area contributed by atoms with Crippen LogP contribution in [0.2, 0.25) is 0 Å². The SMILES string of the molecule is CC(/C(=N/NS(=O)(=O)c1ccccc1)c1ccccc1)c1ccccc1. The molecule has 0 aliphatic rings. The predicted molar refractivity (Wildman–Crippen MR) is 105 cm³/mol. The summed E-state index contributed by atoms with van der Waals surface area (Å²) in [6.07, 6.45) is 0. The zero-order valence-electron chi connectivity index (χ0n) is 14.4. The van der Waals surface area contributed by atoms with E-state index in [9.17, 15) is 8.42 Å². The highest BCUT2D eigenvalue weighted by Gasteiger charge is 2.18. The minimum atomic E-state index is -3.72. The second kappa shape index (κ2) is 7.97. The van der Waals surface area contributed by atoms with Crippen molar-refractivity contribution in [1.82, 2.24) is 4.83 Å². The highest BCUT2D eigenvalue weighted by Crippen LogP contribution is 2.21. The van der Waals surface area contributed by atoms with E-state index in [4.69, 9.17) is 0 Å². The molecule has 1 atom stereocenters. The molecule has 0 aliphatic heterocycles. The van der Waals surface area contributed by atoms with Gasteiger partial charge in [-0.15, -0.1) is 0 Å². The van der Waals surface area contributed by atoms with Gasteiger partial charge in [-0.25, -0.2) is 0 Å². The van der Waals surface area contributed by atoms with Gasteiger partial charge in [-0.2, -0.15) is 18.4 Å². The minimum Gasteiger partial charge on any atom is -0.200 e. The van der Waals surface area contributed by atoms with E-state index in [1.165, 1.54) is 0 Å². The molecule has 3 aromatic rings. The van der Waals surface area contributed by atoms with Crippen LogP contribution >= 0.6 is 0 Å². The summed E-state index contributed by atoms with van der Waals surface area (Å²) in [5.41, 5.74) is 2.60. The quantitative estimate of drug-likeness (QED) is 0.527. The Balaban J connectivity index is 1.97. The van der Waals surface area contributed by atoms with Crippen LogP contribution in [-0.4, -0.2) is 14.1 Å². The van der Waals surface area contributed by atoms with Gasteiger partial charge >= 0.3 is 0 Å². The van der Waals surface area contributed by atoms with Crippen molar-refractivity contribution >= 4 is 15.7 Å². The number of hydrazone groups is 1. The maximum Gasteiger partial charge on any atom is 0.276 e. The summed E-state index contributed by atoms with van der Waals surface area (Å²) in [7, 11) is -3.72. The summed E-state index contributed by atoms with van der Waals surface area (Å²) < 4.78 is 25.0. The first-order chi connectivity index (χ1) is 12.6. The number of sulfonamides is 1. The molecule has 3 aromatic carbocycles.